The number of aliphatic hydroxyl groups excluding tert-OH is 3. The first kappa shape index (κ1) is 82.3. The number of hydrogen-bond donors (Lipinski definition) is 5. The summed E-state index contributed by atoms with van der Waals surface area (Å²) in [5, 5.41) is 33.8. The van der Waals surface area contributed by atoms with Gasteiger partial charge in [-0.25, -0.2) is 68.4 Å². The van der Waals surface area contributed by atoms with E-state index in [4.69, 9.17) is 35.1 Å². The summed E-state index contributed by atoms with van der Waals surface area (Å²) in [6.45, 7) is 17.9. The van der Waals surface area contributed by atoms with E-state index in [1.54, 1.807) is 13.0 Å². The number of aliphatic imine (C=N–C) groups is 4. The molecule has 0 bridgehead atoms. The van der Waals surface area contributed by atoms with Gasteiger partial charge in [0.1, 0.15) is 32.5 Å². The molecule has 0 amide bonds. The van der Waals surface area contributed by atoms with Gasteiger partial charge in [-0.2, -0.15) is 0 Å². The normalized spacial score (nSPS) is 7.92. The van der Waals surface area contributed by atoms with Gasteiger partial charge in [0.25, 0.3) is 0 Å². The minimum atomic E-state index is -0.431. The summed E-state index contributed by atoms with van der Waals surface area (Å²) in [5.74, 6) is -0.431. The molecule has 1 unspecified atom stereocenters. The van der Waals surface area contributed by atoms with Gasteiger partial charge in [-0.1, -0.05) is 51.8 Å². The van der Waals surface area contributed by atoms with Gasteiger partial charge in [-0.3, -0.25) is 10.6 Å². The SMILES string of the molecule is C.C=CC(=O)OP.C=CCOO.C=CCOOCCO.CCO.CCOOCNCCCCCCN=C=O.O=C=NCCC=O.O=C=NCCCCCCN=C=O.O=CCO.[U]. The number of unbranched alkanes of at least 4 members (excludes halogenated alkanes) is 6. The molecule has 0 spiro atoms. The fraction of sp³-hybridized carbons (Fsp3) is 0.658. The molecule has 0 fully saturated rings. The maximum Gasteiger partial charge on any atom is 0.332 e. The fourth-order valence-corrected chi connectivity index (χ4v) is 2.46. The number of nitrogens with zero attached hydrogens (tertiary/aromatic N) is 4. The van der Waals surface area contributed by atoms with Crippen molar-refractivity contribution in [1.82, 2.24) is 5.32 Å². The molecule has 0 aliphatic rings. The van der Waals surface area contributed by atoms with Crippen LogP contribution in [0.5, 0.6) is 0 Å². The summed E-state index contributed by atoms with van der Waals surface area (Å²) in [7, 11) is 1.82. The van der Waals surface area contributed by atoms with Crippen LogP contribution in [0.2, 0.25) is 0 Å². The summed E-state index contributed by atoms with van der Waals surface area (Å²) in [6, 6.07) is 0. The predicted molar refractivity (Wildman–Crippen MR) is 232 cm³/mol. The Balaban J connectivity index is -0.0000000651. The van der Waals surface area contributed by atoms with Crippen molar-refractivity contribution >= 4 is 52.3 Å². The number of rotatable bonds is 30. The van der Waals surface area contributed by atoms with Crippen LogP contribution in [0.1, 0.15) is 79.1 Å². The average Bonchev–Trinajstić information content (AvgIpc) is 3.27. The van der Waals surface area contributed by atoms with Crippen LogP contribution in [0, 0.1) is 31.1 Å². The van der Waals surface area contributed by atoms with E-state index >= 15 is 0 Å². The molecule has 360 valence electrons. The quantitative estimate of drug-likeness (QED) is 0.00655. The molecule has 0 rings (SSSR count). The van der Waals surface area contributed by atoms with E-state index < -0.39 is 5.97 Å². The Morgan fingerprint density at radius 2 is 1.13 bits per heavy atom. The second-order valence-corrected chi connectivity index (χ2v) is 9.59. The van der Waals surface area contributed by atoms with E-state index in [-0.39, 0.29) is 78.1 Å². The number of carbonyl (C=O) groups excluding carboxylic acids is 7. The second-order valence-electron chi connectivity index (χ2n) is 9.35. The molecular formula is C38H72N5O17PU. The Hall–Kier alpha value is -3.37. The summed E-state index contributed by atoms with van der Waals surface area (Å²) < 4.78 is 4.06. The van der Waals surface area contributed by atoms with Gasteiger partial charge in [0.05, 0.1) is 62.1 Å². The summed E-state index contributed by atoms with van der Waals surface area (Å²) in [5.41, 5.74) is 0. The molecule has 0 aromatic heterocycles. The third kappa shape index (κ3) is 155. The molecule has 0 saturated carbocycles. The third-order valence-electron chi connectivity index (χ3n) is 4.64. The number of hydrogen-bond acceptors (Lipinski definition) is 22. The third-order valence-corrected chi connectivity index (χ3v) is 4.87. The van der Waals surface area contributed by atoms with Crippen LogP contribution in [0.4, 0.5) is 0 Å². The maximum atomic E-state index is 9.82. The van der Waals surface area contributed by atoms with Crippen molar-refractivity contribution in [3.63, 3.8) is 0 Å². The van der Waals surface area contributed by atoms with E-state index in [1.807, 2.05) is 16.4 Å². The minimum Gasteiger partial charge on any atom is -0.448 e. The molecule has 0 heterocycles. The van der Waals surface area contributed by atoms with E-state index in [1.165, 1.54) is 30.4 Å². The molecule has 22 nitrogen and oxygen atoms in total. The zero-order valence-electron chi connectivity index (χ0n) is 35.5. The van der Waals surface area contributed by atoms with Crippen LogP contribution < -0.4 is 5.32 Å². The van der Waals surface area contributed by atoms with E-state index in [9.17, 15) is 28.8 Å². The standard InChI is InChI=1S/C10H20N2O3.C8H12N2O2.C5H10O3.C4H5NO2.C3H5O2P.C3H6O2.C2H4O2.C2H6O.CH4.U/c1-2-14-15-10-12-8-6-4-3-5-7-11-9-13;11-7-9-5-3-1-2-4-6-10-8-12;1-2-4-7-8-5-3-6;6-3-1-2-5-4-7;1-2-3(4)5-6;1-2-3-5-4;3-1-2-4;1-2-3;;/h12H,2-8,10H2,1H3;1-6H2;2,6H,1,3-5H2;3H,1-2H2;2H,1,6H2;2,4H,1,3H2;1,4H,2H2;3H,2H2,1H3;1H4;. The smallest absolute Gasteiger partial charge is 0.332 e. The molecule has 5 N–H and O–H groups in total. The van der Waals surface area contributed by atoms with E-state index in [0.717, 1.165) is 64.0 Å². The van der Waals surface area contributed by atoms with Gasteiger partial charge >= 0.3 is 5.97 Å². The maximum absolute atomic E-state index is 9.82. The Kier molecular flexibility index (Phi) is 142. The molecule has 1 atom stereocenters. The monoisotopic (exact) mass is 1140 g/mol. The summed E-state index contributed by atoms with van der Waals surface area (Å²) >= 11 is 0. The van der Waals surface area contributed by atoms with Crippen molar-refractivity contribution in [3.8, 4) is 0 Å². The van der Waals surface area contributed by atoms with Crippen molar-refractivity contribution in [3.05, 3.63) is 38.0 Å². The van der Waals surface area contributed by atoms with Crippen LogP contribution in [-0.2, 0) is 62.5 Å². The van der Waals surface area contributed by atoms with Gasteiger partial charge in [-0.15, -0.1) is 13.2 Å². The zero-order valence-corrected chi connectivity index (χ0v) is 40.8. The molecule has 0 aliphatic carbocycles. The first-order valence-corrected chi connectivity index (χ1v) is 18.7. The Bertz CT molecular complexity index is 1060. The fourth-order valence-electron chi connectivity index (χ4n) is 2.36. The van der Waals surface area contributed by atoms with Crippen molar-refractivity contribution in [2.45, 2.75) is 79.1 Å². The van der Waals surface area contributed by atoms with Gasteiger partial charge in [-0.05, 0) is 46.1 Å². The first-order valence-electron chi connectivity index (χ1n) is 18.3. The Morgan fingerprint density at radius 1 is 0.694 bits per heavy atom. The molecule has 0 saturated heterocycles. The minimum absolute atomic E-state index is 0. The van der Waals surface area contributed by atoms with Crippen LogP contribution >= 0.6 is 9.47 Å². The van der Waals surface area contributed by atoms with Gasteiger partial charge < -0.3 is 29.4 Å². The number of nitrogens with one attached hydrogen (secondary N) is 1. The van der Waals surface area contributed by atoms with Crippen LogP contribution in [0.25, 0.3) is 0 Å². The van der Waals surface area contributed by atoms with Crippen molar-refractivity contribution in [1.29, 1.82) is 0 Å². The van der Waals surface area contributed by atoms with Gasteiger partial charge in [0.2, 0.25) is 24.3 Å². The Morgan fingerprint density at radius 3 is 1.42 bits per heavy atom. The molecule has 0 aromatic carbocycles. The van der Waals surface area contributed by atoms with Crippen molar-refractivity contribution in [2.24, 2.45) is 20.0 Å². The molecule has 0 aliphatic heterocycles. The topological polar surface area (TPSA) is 317 Å². The second kappa shape index (κ2) is 107. The molecule has 24 heteroatoms. The largest absolute Gasteiger partial charge is 0.448 e. The summed E-state index contributed by atoms with van der Waals surface area (Å²) in [6.07, 6.45) is 19.5. The average molecular weight is 1140 g/mol. The Labute approximate surface area is 392 Å². The molecule has 62 heavy (non-hydrogen) atoms. The van der Waals surface area contributed by atoms with Crippen molar-refractivity contribution < 1.29 is 114 Å². The predicted octanol–water partition coefficient (Wildman–Crippen LogP) is 3.62. The molecule has 0 radical (unpaired) electrons. The van der Waals surface area contributed by atoms with Crippen LogP contribution in [0.15, 0.2) is 57.9 Å². The first-order chi connectivity index (χ1) is 29.2. The number of carbonyl (C=O) groups is 3. The van der Waals surface area contributed by atoms with E-state index in [0.29, 0.717) is 58.6 Å². The van der Waals surface area contributed by atoms with Crippen molar-refractivity contribution in [2.75, 3.05) is 85.7 Å². The number of aldehydes is 2. The number of isocyanates is 4. The molecular weight excluding hydrogens is 1070 g/mol. The van der Waals surface area contributed by atoms with E-state index in [2.05, 4.69) is 64.2 Å². The zero-order chi connectivity index (χ0) is 47.3. The van der Waals surface area contributed by atoms with Crippen LogP contribution in [0.3, 0.4) is 0 Å². The van der Waals surface area contributed by atoms with Crippen LogP contribution in [-0.4, -0.2) is 149 Å². The number of aliphatic hydroxyl groups is 3. The van der Waals surface area contributed by atoms with Gasteiger partial charge in [0, 0.05) is 50.2 Å². The molecule has 0 aromatic rings. The summed E-state index contributed by atoms with van der Waals surface area (Å²) in [4.78, 5) is 102. The van der Waals surface area contributed by atoms with Gasteiger partial charge in [0.15, 0.2) is 0 Å².